The number of hydrogen-bond acceptors (Lipinski definition) is 6. The molecule has 1 aromatic heterocycles. The summed E-state index contributed by atoms with van der Waals surface area (Å²) in [6.07, 6.45) is 2.30. The first kappa shape index (κ1) is 16.1. The van der Waals surface area contributed by atoms with Crippen LogP contribution in [0.3, 0.4) is 0 Å². The number of fused-ring (bicyclic) bond motifs is 1. The molecule has 0 aliphatic carbocycles. The third kappa shape index (κ3) is 2.88. The molecular weight excluding hydrogens is 346 g/mol. The molecule has 2 aliphatic rings. The van der Waals surface area contributed by atoms with Crippen LogP contribution in [0.2, 0.25) is 0 Å². The van der Waals surface area contributed by atoms with Gasteiger partial charge in [0.05, 0.1) is 18.9 Å². The van der Waals surface area contributed by atoms with Gasteiger partial charge in [0.2, 0.25) is 5.95 Å². The molecule has 4 N–H and O–H groups in total. The van der Waals surface area contributed by atoms with Crippen LogP contribution in [0.15, 0.2) is 30.6 Å². The second-order valence-corrected chi connectivity index (χ2v) is 7.20. The summed E-state index contributed by atoms with van der Waals surface area (Å²) in [5, 5.41) is 0.549. The molecule has 0 amide bonds. The van der Waals surface area contributed by atoms with Gasteiger partial charge in [-0.1, -0.05) is 0 Å². The van der Waals surface area contributed by atoms with Crippen molar-refractivity contribution in [3.8, 4) is 0 Å². The minimum Gasteiger partial charge on any atom is -0.399 e. The predicted octanol–water partition coefficient (Wildman–Crippen LogP) is 1.55. The molecule has 3 heterocycles. The molecule has 0 saturated carbocycles. The number of nitrogen functional groups attached to an aromatic ring is 1. The first-order valence-corrected chi connectivity index (χ1v) is 8.83. The van der Waals surface area contributed by atoms with Gasteiger partial charge in [-0.2, -0.15) is 0 Å². The number of halogens is 2. The highest BCUT2D eigenvalue weighted by atomic mass is 32.2. The Morgan fingerprint density at radius 3 is 2.68 bits per heavy atom. The number of rotatable bonds is 2. The molecule has 1 saturated heterocycles. The Morgan fingerprint density at radius 1 is 1.16 bits per heavy atom. The SMILES string of the molecule is NC1=[N+](c2cc(N)ccc2F)[C@H]2CN(c3ncc(F)cn3)C[C@H]2CS1. The van der Waals surface area contributed by atoms with Gasteiger partial charge in [-0.25, -0.2) is 23.3 Å². The van der Waals surface area contributed by atoms with Crippen LogP contribution in [0, 0.1) is 17.6 Å². The van der Waals surface area contributed by atoms with Gasteiger partial charge < -0.3 is 10.6 Å². The average Bonchev–Trinajstić information content (AvgIpc) is 3.02. The van der Waals surface area contributed by atoms with E-state index in [4.69, 9.17) is 11.5 Å². The third-order valence-electron chi connectivity index (χ3n) is 4.54. The molecule has 4 rings (SSSR count). The normalized spacial score (nSPS) is 23.0. The van der Waals surface area contributed by atoms with Crippen molar-refractivity contribution in [1.82, 2.24) is 9.97 Å². The number of nitrogens with zero attached hydrogens (tertiary/aromatic N) is 4. The molecule has 6 nitrogen and oxygen atoms in total. The molecule has 0 spiro atoms. The lowest BCUT2D eigenvalue weighted by Crippen LogP contribution is -2.42. The first-order chi connectivity index (χ1) is 12.0. The maximum atomic E-state index is 14.4. The highest BCUT2D eigenvalue weighted by Crippen LogP contribution is 2.35. The van der Waals surface area contributed by atoms with Crippen LogP contribution in [0.4, 0.5) is 26.1 Å². The molecule has 130 valence electrons. The van der Waals surface area contributed by atoms with E-state index < -0.39 is 5.82 Å². The Kier molecular flexibility index (Phi) is 3.95. The van der Waals surface area contributed by atoms with Gasteiger partial charge in [-0.15, -0.1) is 0 Å². The monoisotopic (exact) mass is 363 g/mol. The molecule has 0 radical (unpaired) electrons. The van der Waals surface area contributed by atoms with Gasteiger partial charge in [0, 0.05) is 30.0 Å². The van der Waals surface area contributed by atoms with Gasteiger partial charge in [0.25, 0.3) is 0 Å². The van der Waals surface area contributed by atoms with Crippen LogP contribution >= 0.6 is 11.8 Å². The molecule has 0 unspecified atom stereocenters. The largest absolute Gasteiger partial charge is 0.399 e. The average molecular weight is 363 g/mol. The number of aromatic nitrogens is 2. The van der Waals surface area contributed by atoms with E-state index in [-0.39, 0.29) is 17.8 Å². The summed E-state index contributed by atoms with van der Waals surface area (Å²) >= 11 is 1.50. The molecule has 9 heteroatoms. The zero-order valence-corrected chi connectivity index (χ0v) is 14.1. The second-order valence-electron chi connectivity index (χ2n) is 6.16. The Balaban J connectivity index is 1.69. The van der Waals surface area contributed by atoms with E-state index in [9.17, 15) is 8.78 Å². The maximum absolute atomic E-state index is 14.4. The number of thioether (sulfide) groups is 1. The van der Waals surface area contributed by atoms with Crippen LogP contribution < -0.4 is 16.4 Å². The number of anilines is 2. The zero-order chi connectivity index (χ0) is 17.6. The van der Waals surface area contributed by atoms with Gasteiger partial charge >= 0.3 is 5.17 Å². The molecule has 25 heavy (non-hydrogen) atoms. The van der Waals surface area contributed by atoms with E-state index in [1.54, 1.807) is 6.07 Å². The van der Waals surface area contributed by atoms with E-state index in [1.165, 1.54) is 23.9 Å². The molecule has 1 fully saturated rings. The minimum atomic E-state index is -0.475. The molecular formula is C16H17F2N6S+. The summed E-state index contributed by atoms with van der Waals surface area (Å²) in [6, 6.07) is 4.45. The van der Waals surface area contributed by atoms with Crippen molar-refractivity contribution < 1.29 is 13.4 Å². The van der Waals surface area contributed by atoms with Crippen molar-refractivity contribution in [2.45, 2.75) is 6.04 Å². The molecule has 0 bridgehead atoms. The highest BCUT2D eigenvalue weighted by Gasteiger charge is 2.44. The zero-order valence-electron chi connectivity index (χ0n) is 13.3. The minimum absolute atomic E-state index is 0.0220. The smallest absolute Gasteiger partial charge is 0.309 e. The quantitative estimate of drug-likeness (QED) is 0.622. The first-order valence-electron chi connectivity index (χ1n) is 7.85. The third-order valence-corrected chi connectivity index (χ3v) is 5.63. The predicted molar refractivity (Wildman–Crippen MR) is 93.9 cm³/mol. The van der Waals surface area contributed by atoms with Crippen molar-refractivity contribution in [2.75, 3.05) is 29.5 Å². The van der Waals surface area contributed by atoms with Crippen molar-refractivity contribution in [2.24, 2.45) is 11.7 Å². The number of hydrogen-bond donors (Lipinski definition) is 2. The fourth-order valence-corrected chi connectivity index (χ4v) is 4.46. The number of benzene rings is 1. The Hall–Kier alpha value is -2.42. The van der Waals surface area contributed by atoms with Crippen molar-refractivity contribution in [1.29, 1.82) is 0 Å². The lowest BCUT2D eigenvalue weighted by Gasteiger charge is -2.25. The highest BCUT2D eigenvalue weighted by molar-refractivity contribution is 8.13. The van der Waals surface area contributed by atoms with E-state index in [1.807, 2.05) is 9.48 Å². The topological polar surface area (TPSA) is 84.1 Å². The van der Waals surface area contributed by atoms with Crippen molar-refractivity contribution in [3.63, 3.8) is 0 Å². The summed E-state index contributed by atoms with van der Waals surface area (Å²) in [7, 11) is 0. The van der Waals surface area contributed by atoms with E-state index in [2.05, 4.69) is 9.97 Å². The van der Waals surface area contributed by atoms with E-state index >= 15 is 0 Å². The lowest BCUT2D eigenvalue weighted by atomic mass is 10.0. The van der Waals surface area contributed by atoms with Crippen molar-refractivity contribution in [3.05, 3.63) is 42.2 Å². The maximum Gasteiger partial charge on any atom is 0.309 e. The molecule has 1 aromatic carbocycles. The Bertz CT molecular complexity index is 841. The second kappa shape index (κ2) is 6.14. The molecule has 2 aromatic rings. The Morgan fingerprint density at radius 2 is 1.92 bits per heavy atom. The van der Waals surface area contributed by atoms with Crippen LogP contribution in [0.25, 0.3) is 0 Å². The summed E-state index contributed by atoms with van der Waals surface area (Å²) < 4.78 is 29.3. The summed E-state index contributed by atoms with van der Waals surface area (Å²) in [6.45, 7) is 1.28. The lowest BCUT2D eigenvalue weighted by molar-refractivity contribution is -0.488. The van der Waals surface area contributed by atoms with Crippen molar-refractivity contribution >= 4 is 34.3 Å². The van der Waals surface area contributed by atoms with Crippen LogP contribution in [0.1, 0.15) is 0 Å². The van der Waals surface area contributed by atoms with E-state index in [0.29, 0.717) is 35.6 Å². The summed E-state index contributed by atoms with van der Waals surface area (Å²) in [5.41, 5.74) is 12.9. The van der Waals surface area contributed by atoms with Gasteiger partial charge in [0.1, 0.15) is 6.04 Å². The standard InChI is InChI=1S/C16H16F2N6S/c17-10-4-21-16(22-5-10)23-6-9-8-25-15(20)24(14(9)7-23)13-3-11(19)1-2-12(13)18/h1-5,9,14,20H,6-8,19H2/p+1/t9-,14-/m0/s1. The summed E-state index contributed by atoms with van der Waals surface area (Å²) in [5.74, 6) is 0.709. The fourth-order valence-electron chi connectivity index (χ4n) is 3.38. The van der Waals surface area contributed by atoms with Crippen LogP contribution in [-0.4, -0.2) is 44.6 Å². The molecule has 2 aliphatic heterocycles. The molecule has 2 atom stereocenters. The fraction of sp³-hybridized carbons (Fsp3) is 0.312. The van der Waals surface area contributed by atoms with Crippen LogP contribution in [0.5, 0.6) is 0 Å². The van der Waals surface area contributed by atoms with Gasteiger partial charge in [-0.3, -0.25) is 5.73 Å². The number of nitrogens with two attached hydrogens (primary N) is 2. The Labute approximate surface area is 147 Å². The van der Waals surface area contributed by atoms with Crippen LogP contribution in [-0.2, 0) is 0 Å². The van der Waals surface area contributed by atoms with Gasteiger partial charge in [0.15, 0.2) is 17.3 Å². The van der Waals surface area contributed by atoms with Gasteiger partial charge in [-0.05, 0) is 23.9 Å². The summed E-state index contributed by atoms with van der Waals surface area (Å²) in [4.78, 5) is 10.1. The van der Waals surface area contributed by atoms with E-state index in [0.717, 1.165) is 18.1 Å². The number of amidine groups is 1.